The van der Waals surface area contributed by atoms with Gasteiger partial charge in [0.05, 0.1) is 12.4 Å². The molecule has 0 saturated heterocycles. The summed E-state index contributed by atoms with van der Waals surface area (Å²) in [5.74, 6) is -1.20. The molecular weight excluding hydrogens is 237 g/mol. The fraction of sp³-hybridized carbons (Fsp3) is 0.583. The third-order valence-corrected chi connectivity index (χ3v) is 3.29. The molecule has 2 rings (SSSR count). The van der Waals surface area contributed by atoms with Gasteiger partial charge < -0.3 is 10.4 Å². The van der Waals surface area contributed by atoms with Crippen molar-refractivity contribution in [2.24, 2.45) is 5.92 Å². The number of rotatable bonds is 4. The van der Waals surface area contributed by atoms with Gasteiger partial charge >= 0.3 is 5.97 Å². The van der Waals surface area contributed by atoms with Gasteiger partial charge in [-0.05, 0) is 18.8 Å². The highest BCUT2D eigenvalue weighted by Crippen LogP contribution is 2.27. The molecule has 0 aliphatic heterocycles. The van der Waals surface area contributed by atoms with Crippen molar-refractivity contribution >= 4 is 11.9 Å². The van der Waals surface area contributed by atoms with Gasteiger partial charge in [-0.25, -0.2) is 19.2 Å². The first-order valence-corrected chi connectivity index (χ1v) is 6.13. The number of carbonyl (C=O) groups is 1. The zero-order chi connectivity index (χ0) is 13.0. The van der Waals surface area contributed by atoms with Crippen molar-refractivity contribution in [2.45, 2.75) is 38.1 Å². The van der Waals surface area contributed by atoms with E-state index >= 15 is 0 Å². The molecule has 0 amide bonds. The summed E-state index contributed by atoms with van der Waals surface area (Å²) in [7, 11) is 0. The van der Waals surface area contributed by atoms with Crippen LogP contribution in [0.1, 0.15) is 32.1 Å². The van der Waals surface area contributed by atoms with E-state index in [1.54, 1.807) is 0 Å². The second-order valence-corrected chi connectivity index (χ2v) is 4.58. The van der Waals surface area contributed by atoms with Gasteiger partial charge in [0.2, 0.25) is 5.95 Å². The first-order valence-electron chi connectivity index (χ1n) is 6.13. The Labute approximate surface area is 104 Å². The molecule has 2 N–H and O–H groups in total. The molecule has 98 valence electrons. The lowest BCUT2D eigenvalue weighted by Gasteiger charge is -2.27. The highest BCUT2D eigenvalue weighted by atomic mass is 19.1. The molecule has 1 heterocycles. The van der Waals surface area contributed by atoms with Gasteiger partial charge in [0.1, 0.15) is 6.04 Å². The number of hydrogen-bond donors (Lipinski definition) is 2. The van der Waals surface area contributed by atoms with Crippen LogP contribution in [0.5, 0.6) is 0 Å². The molecule has 1 fully saturated rings. The average molecular weight is 253 g/mol. The molecule has 0 spiro atoms. The largest absolute Gasteiger partial charge is 0.480 e. The van der Waals surface area contributed by atoms with Crippen LogP contribution in [-0.2, 0) is 4.79 Å². The van der Waals surface area contributed by atoms with Crippen molar-refractivity contribution in [3.63, 3.8) is 0 Å². The third-order valence-electron chi connectivity index (χ3n) is 3.29. The third kappa shape index (κ3) is 3.15. The number of nitrogens with zero attached hydrogens (tertiary/aromatic N) is 2. The number of nitrogens with one attached hydrogen (secondary N) is 1. The van der Waals surface area contributed by atoms with E-state index in [0.717, 1.165) is 44.5 Å². The van der Waals surface area contributed by atoms with E-state index in [1.165, 1.54) is 0 Å². The first-order chi connectivity index (χ1) is 8.66. The van der Waals surface area contributed by atoms with E-state index in [-0.39, 0.29) is 11.9 Å². The molecule has 1 unspecified atom stereocenters. The van der Waals surface area contributed by atoms with Crippen molar-refractivity contribution < 1.29 is 14.3 Å². The molecule has 1 aromatic rings. The van der Waals surface area contributed by atoms with E-state index in [1.807, 2.05) is 0 Å². The molecule has 5 nitrogen and oxygen atoms in total. The van der Waals surface area contributed by atoms with Gasteiger partial charge in [-0.2, -0.15) is 0 Å². The number of aromatic nitrogens is 2. The quantitative estimate of drug-likeness (QED) is 0.859. The minimum absolute atomic E-state index is 0.0879. The zero-order valence-electron chi connectivity index (χ0n) is 9.97. The van der Waals surface area contributed by atoms with Crippen molar-refractivity contribution in [3.8, 4) is 0 Å². The highest BCUT2D eigenvalue weighted by Gasteiger charge is 2.29. The van der Waals surface area contributed by atoms with Gasteiger partial charge in [0.25, 0.3) is 0 Å². The summed E-state index contributed by atoms with van der Waals surface area (Å²) in [5, 5.41) is 12.0. The molecule has 6 heteroatoms. The summed E-state index contributed by atoms with van der Waals surface area (Å²) in [6, 6.07) is -0.698. The van der Waals surface area contributed by atoms with E-state index in [0.29, 0.717) is 0 Å². The molecule has 1 aliphatic carbocycles. The van der Waals surface area contributed by atoms with Gasteiger partial charge in [-0.1, -0.05) is 19.3 Å². The molecule has 0 aromatic carbocycles. The molecule has 1 atom stereocenters. The topological polar surface area (TPSA) is 75.1 Å². The number of hydrogen-bond acceptors (Lipinski definition) is 4. The second-order valence-electron chi connectivity index (χ2n) is 4.58. The lowest BCUT2D eigenvalue weighted by molar-refractivity contribution is -0.139. The van der Waals surface area contributed by atoms with E-state index in [4.69, 9.17) is 0 Å². The monoisotopic (exact) mass is 253 g/mol. The zero-order valence-corrected chi connectivity index (χ0v) is 9.97. The molecule has 0 bridgehead atoms. The highest BCUT2D eigenvalue weighted by molar-refractivity contribution is 5.76. The summed E-state index contributed by atoms with van der Waals surface area (Å²) >= 11 is 0. The normalized spacial score (nSPS) is 18.3. The Balaban J connectivity index is 2.05. The second kappa shape index (κ2) is 5.75. The fourth-order valence-electron chi connectivity index (χ4n) is 2.37. The van der Waals surface area contributed by atoms with Crippen molar-refractivity contribution in [2.75, 3.05) is 5.32 Å². The Morgan fingerprint density at radius 3 is 2.50 bits per heavy atom. The predicted molar refractivity (Wildman–Crippen MR) is 63.6 cm³/mol. The van der Waals surface area contributed by atoms with Crippen LogP contribution in [0.4, 0.5) is 10.3 Å². The molecular formula is C12H16FN3O2. The summed E-state index contributed by atoms with van der Waals surface area (Å²) in [6.45, 7) is 0. The molecule has 1 aromatic heterocycles. The first kappa shape index (κ1) is 12.7. The van der Waals surface area contributed by atoms with Crippen LogP contribution < -0.4 is 5.32 Å². The Kier molecular flexibility index (Phi) is 4.07. The summed E-state index contributed by atoms with van der Waals surface area (Å²) in [6.07, 6.45) is 7.11. The van der Waals surface area contributed by atoms with Crippen molar-refractivity contribution in [3.05, 3.63) is 18.2 Å². The SMILES string of the molecule is O=C(O)C(Nc1ncc(F)cn1)C1CCCCC1. The minimum Gasteiger partial charge on any atom is -0.480 e. The van der Waals surface area contributed by atoms with Gasteiger partial charge in [-0.15, -0.1) is 0 Å². The van der Waals surface area contributed by atoms with Crippen molar-refractivity contribution in [1.82, 2.24) is 9.97 Å². The molecule has 1 saturated carbocycles. The van der Waals surface area contributed by atoms with Gasteiger partial charge in [0, 0.05) is 0 Å². The Bertz CT molecular complexity index is 404. The van der Waals surface area contributed by atoms with Crippen LogP contribution in [-0.4, -0.2) is 27.1 Å². The smallest absolute Gasteiger partial charge is 0.326 e. The van der Waals surface area contributed by atoms with Gasteiger partial charge in [-0.3, -0.25) is 0 Å². The maximum Gasteiger partial charge on any atom is 0.326 e. The van der Waals surface area contributed by atoms with Crippen molar-refractivity contribution in [1.29, 1.82) is 0 Å². The Morgan fingerprint density at radius 1 is 1.33 bits per heavy atom. The molecule has 0 radical (unpaired) electrons. The number of halogens is 1. The number of carboxylic acids is 1. The lowest BCUT2D eigenvalue weighted by Crippen LogP contribution is -2.38. The predicted octanol–water partition coefficient (Wildman–Crippen LogP) is 2.06. The number of anilines is 1. The minimum atomic E-state index is -0.908. The van der Waals surface area contributed by atoms with E-state index in [9.17, 15) is 14.3 Å². The number of aliphatic carboxylic acids is 1. The average Bonchev–Trinajstić information content (AvgIpc) is 2.38. The standard InChI is InChI=1S/C12H16FN3O2/c13-9-6-14-12(15-7-9)16-10(11(17)18)8-4-2-1-3-5-8/h6-8,10H,1-5H2,(H,17,18)(H,14,15,16). The fourth-order valence-corrected chi connectivity index (χ4v) is 2.37. The van der Waals surface area contributed by atoms with Crippen LogP contribution in [0, 0.1) is 11.7 Å². The molecule has 18 heavy (non-hydrogen) atoms. The summed E-state index contributed by atoms with van der Waals surface area (Å²) < 4.78 is 12.7. The van der Waals surface area contributed by atoms with E-state index in [2.05, 4.69) is 15.3 Å². The summed E-state index contributed by atoms with van der Waals surface area (Å²) in [4.78, 5) is 18.7. The van der Waals surface area contributed by atoms with Gasteiger partial charge in [0.15, 0.2) is 5.82 Å². The Hall–Kier alpha value is -1.72. The Morgan fingerprint density at radius 2 is 1.94 bits per heavy atom. The number of carboxylic acid groups (broad SMARTS) is 1. The van der Waals surface area contributed by atoms with Crippen LogP contribution >= 0.6 is 0 Å². The van der Waals surface area contributed by atoms with Crippen LogP contribution in [0.3, 0.4) is 0 Å². The van der Waals surface area contributed by atoms with Crippen LogP contribution in [0.25, 0.3) is 0 Å². The lowest BCUT2D eigenvalue weighted by atomic mass is 9.84. The van der Waals surface area contributed by atoms with E-state index < -0.39 is 17.8 Å². The maximum atomic E-state index is 12.7. The van der Waals surface area contributed by atoms with Crippen LogP contribution in [0.15, 0.2) is 12.4 Å². The summed E-state index contributed by atoms with van der Waals surface area (Å²) in [5.41, 5.74) is 0. The maximum absolute atomic E-state index is 12.7. The molecule has 1 aliphatic rings. The van der Waals surface area contributed by atoms with Crippen LogP contribution in [0.2, 0.25) is 0 Å².